The van der Waals surface area contributed by atoms with Gasteiger partial charge in [-0.05, 0) is 31.5 Å². The van der Waals surface area contributed by atoms with Crippen molar-refractivity contribution in [3.8, 4) is 5.75 Å². The number of fused-ring (bicyclic) bond motifs is 1. The summed E-state index contributed by atoms with van der Waals surface area (Å²) >= 11 is 0. The zero-order valence-electron chi connectivity index (χ0n) is 9.61. The Labute approximate surface area is 97.5 Å². The third-order valence-electron chi connectivity index (χ3n) is 2.43. The van der Waals surface area contributed by atoms with Gasteiger partial charge in [0.25, 0.3) is 0 Å². The Kier molecular flexibility index (Phi) is 2.71. The average molecular weight is 232 g/mol. The van der Waals surface area contributed by atoms with Crippen molar-refractivity contribution in [2.45, 2.75) is 20.3 Å². The second kappa shape index (κ2) is 4.05. The molecule has 2 rings (SSSR count). The molecule has 1 aromatic carbocycles. The van der Waals surface area contributed by atoms with E-state index in [1.165, 1.54) is 19.1 Å². The van der Waals surface area contributed by atoms with Gasteiger partial charge in [0, 0.05) is 6.07 Å². The molecule has 88 valence electrons. The van der Waals surface area contributed by atoms with Crippen molar-refractivity contribution in [1.82, 2.24) is 0 Å². The maximum absolute atomic E-state index is 11.8. The van der Waals surface area contributed by atoms with Gasteiger partial charge in [-0.3, -0.25) is 9.59 Å². The van der Waals surface area contributed by atoms with Crippen LogP contribution < -0.4 is 5.43 Å². The molecule has 0 fully saturated rings. The number of aromatic hydroxyl groups is 1. The predicted molar refractivity (Wildman–Crippen MR) is 63.3 cm³/mol. The number of carbonyl (C=O) groups is 1. The van der Waals surface area contributed by atoms with Gasteiger partial charge in [0.2, 0.25) is 0 Å². The molecule has 0 aliphatic heterocycles. The minimum atomic E-state index is -0.333. The molecular formula is C13H12O4. The van der Waals surface area contributed by atoms with Crippen LogP contribution in [0, 0.1) is 6.92 Å². The van der Waals surface area contributed by atoms with E-state index >= 15 is 0 Å². The van der Waals surface area contributed by atoms with Crippen LogP contribution in [0.2, 0.25) is 0 Å². The van der Waals surface area contributed by atoms with E-state index in [4.69, 9.17) is 4.42 Å². The Bertz CT molecular complexity index is 652. The highest BCUT2D eigenvalue weighted by atomic mass is 16.3. The molecule has 4 nitrogen and oxygen atoms in total. The number of aryl methyl sites for hydroxylation is 1. The third kappa shape index (κ3) is 2.20. The molecule has 0 aliphatic carbocycles. The molecule has 1 N–H and O–H groups in total. The van der Waals surface area contributed by atoms with Crippen LogP contribution in [0.1, 0.15) is 18.2 Å². The molecule has 0 radical (unpaired) electrons. The molecule has 0 aliphatic rings. The quantitative estimate of drug-likeness (QED) is 0.859. The molecule has 4 heteroatoms. The summed E-state index contributed by atoms with van der Waals surface area (Å²) < 4.78 is 5.43. The van der Waals surface area contributed by atoms with Crippen LogP contribution in [-0.2, 0) is 11.2 Å². The van der Waals surface area contributed by atoms with Crippen LogP contribution >= 0.6 is 0 Å². The number of phenolic OH excluding ortho intramolecular Hbond substituents is 1. The summed E-state index contributed by atoms with van der Waals surface area (Å²) in [6.07, 6.45) is 0.0832. The maximum Gasteiger partial charge on any atom is 0.196 e. The van der Waals surface area contributed by atoms with Crippen LogP contribution in [-0.4, -0.2) is 10.9 Å². The van der Waals surface area contributed by atoms with Crippen molar-refractivity contribution >= 4 is 16.8 Å². The van der Waals surface area contributed by atoms with E-state index in [-0.39, 0.29) is 28.8 Å². The lowest BCUT2D eigenvalue weighted by atomic mass is 10.1. The fourth-order valence-electron chi connectivity index (χ4n) is 1.78. The van der Waals surface area contributed by atoms with Gasteiger partial charge >= 0.3 is 0 Å². The lowest BCUT2D eigenvalue weighted by molar-refractivity contribution is -0.116. The number of carbonyl (C=O) groups excluding carboxylic acids is 1. The lowest BCUT2D eigenvalue weighted by Gasteiger charge is -2.04. The predicted octanol–water partition coefficient (Wildman–Crippen LogP) is 1.94. The highest BCUT2D eigenvalue weighted by molar-refractivity contribution is 5.84. The van der Waals surface area contributed by atoms with Gasteiger partial charge in [-0.1, -0.05) is 0 Å². The number of benzene rings is 1. The van der Waals surface area contributed by atoms with Crippen molar-refractivity contribution in [3.05, 3.63) is 39.7 Å². The first-order valence-corrected chi connectivity index (χ1v) is 5.23. The Balaban J connectivity index is 2.73. The molecule has 17 heavy (non-hydrogen) atoms. The Morgan fingerprint density at radius 2 is 2.06 bits per heavy atom. The maximum atomic E-state index is 11.8. The first-order chi connectivity index (χ1) is 7.97. The van der Waals surface area contributed by atoms with E-state index in [9.17, 15) is 14.7 Å². The molecule has 0 spiro atoms. The van der Waals surface area contributed by atoms with E-state index in [2.05, 4.69) is 0 Å². The van der Waals surface area contributed by atoms with Crippen molar-refractivity contribution in [2.24, 2.45) is 0 Å². The van der Waals surface area contributed by atoms with Crippen molar-refractivity contribution in [2.75, 3.05) is 0 Å². The van der Waals surface area contributed by atoms with Crippen molar-refractivity contribution < 1.29 is 14.3 Å². The summed E-state index contributed by atoms with van der Waals surface area (Å²) in [5.41, 5.74) is 0.768. The minimum absolute atomic E-state index is 0.0793. The summed E-state index contributed by atoms with van der Waals surface area (Å²) in [6.45, 7) is 3.22. The number of hydrogen-bond donors (Lipinski definition) is 1. The van der Waals surface area contributed by atoms with E-state index in [0.717, 1.165) is 5.56 Å². The molecular weight excluding hydrogens is 220 g/mol. The zero-order chi connectivity index (χ0) is 12.6. The van der Waals surface area contributed by atoms with Crippen LogP contribution in [0.3, 0.4) is 0 Å². The summed E-state index contributed by atoms with van der Waals surface area (Å²) in [4.78, 5) is 22.8. The zero-order valence-corrected chi connectivity index (χ0v) is 9.61. The molecule has 0 unspecified atom stereocenters. The van der Waals surface area contributed by atoms with E-state index in [0.29, 0.717) is 11.3 Å². The van der Waals surface area contributed by atoms with Gasteiger partial charge in [0.05, 0.1) is 6.42 Å². The number of rotatable bonds is 2. The average Bonchev–Trinajstić information content (AvgIpc) is 2.13. The minimum Gasteiger partial charge on any atom is -0.507 e. The van der Waals surface area contributed by atoms with E-state index < -0.39 is 0 Å². The van der Waals surface area contributed by atoms with Gasteiger partial charge in [-0.2, -0.15) is 0 Å². The van der Waals surface area contributed by atoms with E-state index in [1.807, 2.05) is 0 Å². The largest absolute Gasteiger partial charge is 0.507 e. The summed E-state index contributed by atoms with van der Waals surface area (Å²) in [7, 11) is 0. The molecule has 0 saturated carbocycles. The van der Waals surface area contributed by atoms with Crippen molar-refractivity contribution in [1.29, 1.82) is 0 Å². The normalized spacial score (nSPS) is 10.7. The monoisotopic (exact) mass is 232 g/mol. The van der Waals surface area contributed by atoms with Gasteiger partial charge < -0.3 is 9.52 Å². The van der Waals surface area contributed by atoms with Crippen molar-refractivity contribution in [3.63, 3.8) is 0 Å². The first-order valence-electron chi connectivity index (χ1n) is 5.23. The third-order valence-corrected chi connectivity index (χ3v) is 2.43. The Morgan fingerprint density at radius 3 is 2.71 bits per heavy atom. The Hall–Kier alpha value is -2.10. The van der Waals surface area contributed by atoms with Crippen LogP contribution in [0.4, 0.5) is 0 Å². The van der Waals surface area contributed by atoms with Crippen LogP contribution in [0.15, 0.2) is 27.4 Å². The fraction of sp³-hybridized carbons (Fsp3) is 0.231. The topological polar surface area (TPSA) is 67.5 Å². The second-order valence-corrected chi connectivity index (χ2v) is 4.11. The number of phenols is 1. The number of hydrogen-bond acceptors (Lipinski definition) is 4. The van der Waals surface area contributed by atoms with Crippen LogP contribution in [0.25, 0.3) is 11.0 Å². The molecule has 0 amide bonds. The standard InChI is InChI=1S/C13H12O4/c1-7-3-10(15)13-11(16)6-9(5-8(2)14)17-12(13)4-7/h3-4,6,15H,5H2,1-2H3. The SMILES string of the molecule is CC(=O)Cc1cc(=O)c2c(O)cc(C)cc2o1. The van der Waals surface area contributed by atoms with Gasteiger partial charge in [0.15, 0.2) is 5.43 Å². The Morgan fingerprint density at radius 1 is 1.35 bits per heavy atom. The fourth-order valence-corrected chi connectivity index (χ4v) is 1.78. The molecule has 0 saturated heterocycles. The highest BCUT2D eigenvalue weighted by Gasteiger charge is 2.10. The van der Waals surface area contributed by atoms with E-state index in [1.54, 1.807) is 13.0 Å². The first kappa shape index (κ1) is 11.4. The number of Topliss-reactive ketones (excluding diaryl/α,β-unsaturated/α-hetero) is 1. The summed E-state index contributed by atoms with van der Waals surface area (Å²) in [5.74, 6) is 0.146. The smallest absolute Gasteiger partial charge is 0.196 e. The summed E-state index contributed by atoms with van der Waals surface area (Å²) in [6, 6.07) is 4.42. The van der Waals surface area contributed by atoms with Gasteiger partial charge in [-0.25, -0.2) is 0 Å². The van der Waals surface area contributed by atoms with Gasteiger partial charge in [-0.15, -0.1) is 0 Å². The lowest BCUT2D eigenvalue weighted by Crippen LogP contribution is -2.05. The highest BCUT2D eigenvalue weighted by Crippen LogP contribution is 2.24. The molecule has 2 aromatic rings. The number of ketones is 1. The van der Waals surface area contributed by atoms with Crippen LogP contribution in [0.5, 0.6) is 5.75 Å². The molecule has 0 atom stereocenters. The second-order valence-electron chi connectivity index (χ2n) is 4.11. The molecule has 1 aromatic heterocycles. The molecule has 1 heterocycles. The molecule has 0 bridgehead atoms. The summed E-state index contributed by atoms with van der Waals surface area (Å²) in [5, 5.41) is 9.83. The van der Waals surface area contributed by atoms with Gasteiger partial charge in [0.1, 0.15) is 28.3 Å².